The first-order valence-electron chi connectivity index (χ1n) is 26.3. The van der Waals surface area contributed by atoms with Crippen molar-refractivity contribution in [1.29, 1.82) is 0 Å². The summed E-state index contributed by atoms with van der Waals surface area (Å²) < 4.78 is 56.2. The number of aldehydes is 1. The minimum atomic E-state index is -1.45. The molecule has 16 atom stereocenters. The van der Waals surface area contributed by atoms with Gasteiger partial charge < -0.3 is 67.4 Å². The molecule has 0 aromatic carbocycles. The smallest absolute Gasteiger partial charge is 0.309 e. The van der Waals surface area contributed by atoms with Gasteiger partial charge in [0.15, 0.2) is 24.3 Å². The van der Waals surface area contributed by atoms with E-state index in [9.17, 15) is 34.2 Å². The first-order chi connectivity index (χ1) is 35.7. The summed E-state index contributed by atoms with van der Waals surface area (Å²) in [5.74, 6) is -3.50. The molecule has 5 rings (SSSR count). The van der Waals surface area contributed by atoms with Gasteiger partial charge in [0, 0.05) is 88.6 Å². The third-order valence-corrected chi connectivity index (χ3v) is 14.3. The van der Waals surface area contributed by atoms with Crippen LogP contribution in [0.1, 0.15) is 112 Å². The molecule has 0 amide bonds. The molecule has 5 heterocycles. The van der Waals surface area contributed by atoms with Gasteiger partial charge in [-0.2, -0.15) is 0 Å². The summed E-state index contributed by atoms with van der Waals surface area (Å²) in [4.78, 5) is 77.4. The maximum absolute atomic E-state index is 14.2. The Hall–Kier alpha value is -4.77. The molecular formula is C55H82N4O16. The maximum Gasteiger partial charge on any atom is 0.309 e. The van der Waals surface area contributed by atoms with E-state index in [0.717, 1.165) is 23.0 Å². The second-order valence-electron chi connectivity index (χ2n) is 20.6. The normalized spacial score (nSPS) is 33.8. The van der Waals surface area contributed by atoms with Crippen LogP contribution in [-0.4, -0.2) is 187 Å². The van der Waals surface area contributed by atoms with E-state index in [1.54, 1.807) is 78.4 Å². The summed E-state index contributed by atoms with van der Waals surface area (Å²) in [6, 6.07) is 4.97. The number of rotatable bonds is 17. The van der Waals surface area contributed by atoms with Crippen molar-refractivity contribution in [3.05, 3.63) is 54.6 Å². The minimum absolute atomic E-state index is 0.0277. The zero-order valence-electron chi connectivity index (χ0n) is 45.6. The number of likely N-dealkylation sites (N-methyl/N-ethyl adjacent to an activating group) is 2. The molecule has 0 radical (unpaired) electrons. The zero-order chi connectivity index (χ0) is 55.0. The summed E-state index contributed by atoms with van der Waals surface area (Å²) in [7, 11) is 6.79. The molecule has 3 fully saturated rings. The SMILES string of the molecule is CCC(=O)O[C@@H]1CC(=O)O[C@@H](C/C=C/c2cncc(-c3cccnc3)c2)CCCN(C)C[C@H](O)[C@H](C)C[C@H](CC=O)[C@H](O[C@@H]2OC(C)[C@@H](O[C@H]3CC(C)(OC(C)=O)[C@@H](OC(=O)CC)C(C)O3)C(N(C)C)C2O)[C@H]1OC. The molecule has 0 aliphatic carbocycles. The Balaban J connectivity index is 1.45. The average Bonchev–Trinajstić information content (AvgIpc) is 3.35. The monoisotopic (exact) mass is 1050 g/mol. The number of carbonyl (C=O) groups is 5. The van der Waals surface area contributed by atoms with Crippen LogP contribution in [0.4, 0.5) is 0 Å². The lowest BCUT2D eigenvalue weighted by molar-refractivity contribution is -0.344. The molecule has 418 valence electrons. The van der Waals surface area contributed by atoms with Gasteiger partial charge >= 0.3 is 23.9 Å². The van der Waals surface area contributed by atoms with Crippen molar-refractivity contribution in [2.24, 2.45) is 11.8 Å². The Bertz CT molecular complexity index is 2170. The van der Waals surface area contributed by atoms with Gasteiger partial charge in [0.2, 0.25) is 0 Å². The molecule has 5 unspecified atom stereocenters. The predicted octanol–water partition coefficient (Wildman–Crippen LogP) is 5.09. The zero-order valence-corrected chi connectivity index (χ0v) is 45.6. The predicted molar refractivity (Wildman–Crippen MR) is 274 cm³/mol. The van der Waals surface area contributed by atoms with Crippen LogP contribution in [0.25, 0.3) is 17.2 Å². The molecular weight excluding hydrogens is 973 g/mol. The summed E-state index contributed by atoms with van der Waals surface area (Å²) in [6.07, 6.45) is 0.283. The van der Waals surface area contributed by atoms with Crippen molar-refractivity contribution in [2.45, 2.75) is 192 Å². The standard InChI is InChI=1S/C55H82N4O16/c1-12-44(63)71-43-27-46(65)70-41(19-14-17-37-26-40(31-57-29-37)39-18-15-22-56-30-39)20-16-23-59(10)32-42(62)33(3)25-38(21-24-60)51(52(43)67-11)74-54-49(66)48(58(8)9)50(34(4)69-54)73-47-28-55(7,75-36(6)61)53(35(5)68-47)72-45(64)13-2/h14-15,17-18,22,24,26,29-31,33-35,38,41-43,47-54,62,66H,12-13,16,19-21,23,25,27-28,32H2,1-11H3/b17-14+/t33-,34?,35?,38+,41+,42+,43-,47+,48?,49?,50-,51+,52+,53+,54+,55?/m1/s1. The molecule has 0 saturated carbocycles. The third-order valence-electron chi connectivity index (χ3n) is 14.3. The first-order valence-corrected chi connectivity index (χ1v) is 26.3. The lowest BCUT2D eigenvalue weighted by Gasteiger charge is -2.50. The number of hydrogen-bond acceptors (Lipinski definition) is 20. The van der Waals surface area contributed by atoms with Crippen LogP contribution >= 0.6 is 0 Å². The molecule has 20 nitrogen and oxygen atoms in total. The van der Waals surface area contributed by atoms with Gasteiger partial charge in [-0.15, -0.1) is 0 Å². The quantitative estimate of drug-likeness (QED) is 0.119. The number of ether oxygens (including phenoxy) is 9. The molecule has 3 saturated heterocycles. The number of aliphatic hydroxyl groups excluding tert-OH is 2. The highest BCUT2D eigenvalue weighted by atomic mass is 16.7. The van der Waals surface area contributed by atoms with Crippen molar-refractivity contribution in [1.82, 2.24) is 19.8 Å². The number of nitrogens with zero attached hydrogens (tertiary/aromatic N) is 4. The van der Waals surface area contributed by atoms with E-state index in [2.05, 4.69) is 9.97 Å². The largest absolute Gasteiger partial charge is 0.462 e. The fourth-order valence-corrected chi connectivity index (χ4v) is 10.4. The maximum atomic E-state index is 14.2. The van der Waals surface area contributed by atoms with Crippen molar-refractivity contribution in [3.8, 4) is 11.1 Å². The van der Waals surface area contributed by atoms with Crippen LogP contribution in [0.3, 0.4) is 0 Å². The molecule has 75 heavy (non-hydrogen) atoms. The number of esters is 4. The van der Waals surface area contributed by atoms with Crippen LogP contribution in [0, 0.1) is 11.8 Å². The average molecular weight is 1060 g/mol. The minimum Gasteiger partial charge on any atom is -0.462 e. The van der Waals surface area contributed by atoms with E-state index < -0.39 is 127 Å². The summed E-state index contributed by atoms with van der Waals surface area (Å²) in [5.41, 5.74) is 1.32. The van der Waals surface area contributed by atoms with Crippen LogP contribution < -0.4 is 0 Å². The molecule has 3 aliphatic heterocycles. The molecule has 2 N–H and O–H groups in total. The second-order valence-corrected chi connectivity index (χ2v) is 20.6. The van der Waals surface area contributed by atoms with Crippen LogP contribution in [0.15, 0.2) is 49.1 Å². The fourth-order valence-electron chi connectivity index (χ4n) is 10.4. The van der Waals surface area contributed by atoms with Gasteiger partial charge in [0.05, 0.1) is 36.9 Å². The van der Waals surface area contributed by atoms with Crippen LogP contribution in [0.5, 0.6) is 0 Å². The second kappa shape index (κ2) is 29.1. The number of aromatic nitrogens is 2. The topological polar surface area (TPSA) is 241 Å². The Kier molecular flexibility index (Phi) is 23.7. The number of carbonyl (C=O) groups excluding carboxylic acids is 5. The van der Waals surface area contributed by atoms with E-state index in [1.165, 1.54) is 14.0 Å². The highest BCUT2D eigenvalue weighted by Crippen LogP contribution is 2.39. The van der Waals surface area contributed by atoms with E-state index in [1.807, 2.05) is 49.2 Å². The Morgan fingerprint density at radius 2 is 1.67 bits per heavy atom. The third kappa shape index (κ3) is 17.4. The lowest BCUT2D eigenvalue weighted by atomic mass is 9.82. The van der Waals surface area contributed by atoms with Crippen molar-refractivity contribution in [2.75, 3.05) is 41.3 Å². The molecule has 2 aromatic rings. The summed E-state index contributed by atoms with van der Waals surface area (Å²) in [6.45, 7) is 12.4. The lowest BCUT2D eigenvalue weighted by Crippen LogP contribution is -2.66. The summed E-state index contributed by atoms with van der Waals surface area (Å²) in [5, 5.41) is 24.1. The molecule has 0 spiro atoms. The first kappa shape index (κ1) is 61.1. The highest BCUT2D eigenvalue weighted by Gasteiger charge is 2.54. The van der Waals surface area contributed by atoms with E-state index in [-0.39, 0.29) is 32.1 Å². The summed E-state index contributed by atoms with van der Waals surface area (Å²) >= 11 is 0. The van der Waals surface area contributed by atoms with Crippen molar-refractivity contribution in [3.63, 3.8) is 0 Å². The number of methoxy groups -OCH3 is 1. The van der Waals surface area contributed by atoms with Crippen LogP contribution in [0.2, 0.25) is 0 Å². The Morgan fingerprint density at radius 3 is 2.32 bits per heavy atom. The van der Waals surface area contributed by atoms with E-state index >= 15 is 0 Å². The number of pyridine rings is 2. The molecule has 20 heteroatoms. The van der Waals surface area contributed by atoms with Gasteiger partial charge in [-0.1, -0.05) is 39.0 Å². The van der Waals surface area contributed by atoms with Gasteiger partial charge in [-0.25, -0.2) is 0 Å². The molecule has 2 aromatic heterocycles. The number of β-amino-alcohol motifs (C(OH)–C–C–N with tert-alkyl or cyclic N) is 1. The molecule has 3 aliphatic rings. The van der Waals surface area contributed by atoms with Gasteiger partial charge in [-0.3, -0.25) is 29.1 Å². The van der Waals surface area contributed by atoms with E-state index in [0.29, 0.717) is 32.4 Å². The fraction of sp³-hybridized carbons (Fsp3) is 0.691. The number of cyclic esters (lactones) is 1. The van der Waals surface area contributed by atoms with E-state index in [4.69, 9.17) is 42.6 Å². The highest BCUT2D eigenvalue weighted by molar-refractivity contribution is 5.73. The molecule has 0 bridgehead atoms. The van der Waals surface area contributed by atoms with Crippen molar-refractivity contribution >= 4 is 36.2 Å². The van der Waals surface area contributed by atoms with Gasteiger partial charge in [0.1, 0.15) is 36.8 Å². The Labute approximate surface area is 442 Å². The Morgan fingerprint density at radius 1 is 0.947 bits per heavy atom. The number of aliphatic hydroxyl groups is 2. The van der Waals surface area contributed by atoms with Gasteiger partial charge in [0.25, 0.3) is 0 Å². The van der Waals surface area contributed by atoms with Crippen molar-refractivity contribution < 1.29 is 76.8 Å². The number of hydrogen-bond donors (Lipinski definition) is 2. The van der Waals surface area contributed by atoms with Gasteiger partial charge in [-0.05, 0) is 97.3 Å². The van der Waals surface area contributed by atoms with Crippen LogP contribution in [-0.2, 0) is 66.6 Å².